The number of hydrogen-bond donors (Lipinski definition) is 3. The summed E-state index contributed by atoms with van der Waals surface area (Å²) < 4.78 is 0. The predicted molar refractivity (Wildman–Crippen MR) is 73.8 cm³/mol. The van der Waals surface area contributed by atoms with Crippen LogP contribution in [0, 0.1) is 6.92 Å². The van der Waals surface area contributed by atoms with Crippen LogP contribution in [0.25, 0.3) is 0 Å². The zero-order valence-corrected chi connectivity index (χ0v) is 10.8. The fourth-order valence-corrected chi connectivity index (χ4v) is 2.38. The summed E-state index contributed by atoms with van der Waals surface area (Å²) in [4.78, 5) is 11.4. The van der Waals surface area contributed by atoms with Crippen LogP contribution in [0.1, 0.15) is 35.2 Å². The molecule has 4 nitrogen and oxygen atoms in total. The van der Waals surface area contributed by atoms with Crippen LogP contribution in [-0.2, 0) is 0 Å². The molecule has 1 aromatic carbocycles. The highest BCUT2D eigenvalue weighted by molar-refractivity contribution is 5.98. The summed E-state index contributed by atoms with van der Waals surface area (Å²) in [5.41, 5.74) is 7.99. The quantitative estimate of drug-likeness (QED) is 0.761. The first-order valence-electron chi connectivity index (χ1n) is 6.54. The number of carbonyl (C=O) groups excluding carboxylic acids is 1. The van der Waals surface area contributed by atoms with Crippen LogP contribution in [0.5, 0.6) is 0 Å². The molecule has 1 atom stereocenters. The van der Waals surface area contributed by atoms with E-state index in [2.05, 4.69) is 10.6 Å². The average molecular weight is 247 g/mol. The van der Waals surface area contributed by atoms with E-state index in [9.17, 15) is 4.79 Å². The molecule has 98 valence electrons. The Morgan fingerprint density at radius 1 is 1.39 bits per heavy atom. The molecule has 0 aromatic heterocycles. The van der Waals surface area contributed by atoms with Crippen molar-refractivity contribution in [3.05, 3.63) is 29.3 Å². The Balaban J connectivity index is 2.15. The summed E-state index contributed by atoms with van der Waals surface area (Å²) in [5.74, 6) is -0.371. The Morgan fingerprint density at radius 3 is 3.00 bits per heavy atom. The van der Waals surface area contributed by atoms with Crippen molar-refractivity contribution >= 4 is 11.6 Å². The van der Waals surface area contributed by atoms with Crippen LogP contribution in [-0.4, -0.2) is 25.0 Å². The third-order valence-electron chi connectivity index (χ3n) is 3.38. The van der Waals surface area contributed by atoms with Gasteiger partial charge >= 0.3 is 0 Å². The minimum absolute atomic E-state index is 0.371. The number of hydrogen-bond acceptors (Lipinski definition) is 3. The molecule has 4 N–H and O–H groups in total. The molecule has 0 spiro atoms. The normalized spacial score (nSPS) is 20.2. The second-order valence-corrected chi connectivity index (χ2v) is 4.94. The third kappa shape index (κ3) is 3.23. The van der Waals surface area contributed by atoms with Crippen molar-refractivity contribution in [2.45, 2.75) is 32.2 Å². The SMILES string of the molecule is Cc1ccc(C(N)=O)c(NC2CCCNCC2)c1. The van der Waals surface area contributed by atoms with Crippen LogP contribution in [0.4, 0.5) is 5.69 Å². The largest absolute Gasteiger partial charge is 0.382 e. The third-order valence-corrected chi connectivity index (χ3v) is 3.38. The van der Waals surface area contributed by atoms with E-state index >= 15 is 0 Å². The molecule has 1 saturated heterocycles. The van der Waals surface area contributed by atoms with Gasteiger partial charge in [0.15, 0.2) is 0 Å². The van der Waals surface area contributed by atoms with Gasteiger partial charge in [-0.15, -0.1) is 0 Å². The number of benzene rings is 1. The van der Waals surface area contributed by atoms with E-state index in [0.717, 1.165) is 43.6 Å². The van der Waals surface area contributed by atoms with Crippen molar-refractivity contribution in [3.8, 4) is 0 Å². The van der Waals surface area contributed by atoms with E-state index in [0.29, 0.717) is 11.6 Å². The summed E-state index contributed by atoms with van der Waals surface area (Å²) in [6.07, 6.45) is 3.36. The van der Waals surface area contributed by atoms with Crippen LogP contribution in [0.3, 0.4) is 0 Å². The summed E-state index contributed by atoms with van der Waals surface area (Å²) in [5, 5.41) is 6.85. The molecular formula is C14H21N3O. The second-order valence-electron chi connectivity index (χ2n) is 4.94. The smallest absolute Gasteiger partial charge is 0.250 e. The van der Waals surface area contributed by atoms with Gasteiger partial charge in [0.1, 0.15) is 0 Å². The van der Waals surface area contributed by atoms with E-state index in [1.165, 1.54) is 0 Å². The van der Waals surface area contributed by atoms with Crippen LogP contribution < -0.4 is 16.4 Å². The van der Waals surface area contributed by atoms with Gasteiger partial charge in [-0.3, -0.25) is 4.79 Å². The minimum Gasteiger partial charge on any atom is -0.382 e. The number of nitrogens with one attached hydrogen (secondary N) is 2. The molecular weight excluding hydrogens is 226 g/mol. The fourth-order valence-electron chi connectivity index (χ4n) is 2.38. The van der Waals surface area contributed by atoms with Crippen molar-refractivity contribution in [2.24, 2.45) is 5.73 Å². The van der Waals surface area contributed by atoms with Gasteiger partial charge in [-0.25, -0.2) is 0 Å². The van der Waals surface area contributed by atoms with Gasteiger partial charge in [-0.2, -0.15) is 0 Å². The molecule has 1 unspecified atom stereocenters. The highest BCUT2D eigenvalue weighted by atomic mass is 16.1. The first kappa shape index (κ1) is 12.9. The molecule has 1 aromatic rings. The lowest BCUT2D eigenvalue weighted by Crippen LogP contribution is -2.24. The van der Waals surface area contributed by atoms with E-state index in [1.807, 2.05) is 19.1 Å². The molecule has 1 heterocycles. The van der Waals surface area contributed by atoms with Gasteiger partial charge in [-0.05, 0) is 57.0 Å². The Labute approximate surface area is 108 Å². The molecule has 1 amide bonds. The zero-order valence-electron chi connectivity index (χ0n) is 10.8. The van der Waals surface area contributed by atoms with Crippen molar-refractivity contribution in [2.75, 3.05) is 18.4 Å². The average Bonchev–Trinajstić information content (AvgIpc) is 2.57. The lowest BCUT2D eigenvalue weighted by molar-refractivity contribution is 0.100. The first-order chi connectivity index (χ1) is 8.66. The number of nitrogens with two attached hydrogens (primary N) is 1. The van der Waals surface area contributed by atoms with E-state index in [-0.39, 0.29) is 5.91 Å². The lowest BCUT2D eigenvalue weighted by Gasteiger charge is -2.19. The molecule has 0 saturated carbocycles. The van der Waals surface area contributed by atoms with Crippen molar-refractivity contribution in [1.29, 1.82) is 0 Å². The van der Waals surface area contributed by atoms with Gasteiger partial charge in [0, 0.05) is 11.7 Å². The van der Waals surface area contributed by atoms with Crippen molar-refractivity contribution < 1.29 is 4.79 Å². The van der Waals surface area contributed by atoms with Gasteiger partial charge in [0.05, 0.1) is 5.56 Å². The highest BCUT2D eigenvalue weighted by Gasteiger charge is 2.15. The van der Waals surface area contributed by atoms with Crippen LogP contribution >= 0.6 is 0 Å². The number of rotatable bonds is 3. The Kier molecular flexibility index (Phi) is 4.20. The number of carbonyl (C=O) groups is 1. The molecule has 2 rings (SSSR count). The molecule has 0 radical (unpaired) electrons. The van der Waals surface area contributed by atoms with Gasteiger partial charge < -0.3 is 16.4 Å². The minimum atomic E-state index is -0.371. The lowest BCUT2D eigenvalue weighted by atomic mass is 10.1. The molecule has 4 heteroatoms. The molecule has 1 aliphatic rings. The summed E-state index contributed by atoms with van der Waals surface area (Å²) in [6, 6.07) is 6.13. The maximum Gasteiger partial charge on any atom is 0.250 e. The van der Waals surface area contributed by atoms with Gasteiger partial charge in [-0.1, -0.05) is 6.07 Å². The fraction of sp³-hybridized carbons (Fsp3) is 0.500. The first-order valence-corrected chi connectivity index (χ1v) is 6.54. The maximum absolute atomic E-state index is 11.4. The Hall–Kier alpha value is -1.55. The molecule has 0 aliphatic carbocycles. The van der Waals surface area contributed by atoms with Crippen LogP contribution in [0.2, 0.25) is 0 Å². The highest BCUT2D eigenvalue weighted by Crippen LogP contribution is 2.20. The Bertz CT molecular complexity index is 423. The summed E-state index contributed by atoms with van der Waals surface area (Å²) in [6.45, 7) is 4.12. The van der Waals surface area contributed by atoms with Gasteiger partial charge in [0.2, 0.25) is 0 Å². The maximum atomic E-state index is 11.4. The van der Waals surface area contributed by atoms with Gasteiger partial charge in [0.25, 0.3) is 5.91 Å². The monoisotopic (exact) mass is 247 g/mol. The second kappa shape index (κ2) is 5.87. The predicted octanol–water partition coefficient (Wildman–Crippen LogP) is 1.65. The molecule has 18 heavy (non-hydrogen) atoms. The summed E-state index contributed by atoms with van der Waals surface area (Å²) >= 11 is 0. The zero-order chi connectivity index (χ0) is 13.0. The topological polar surface area (TPSA) is 67.2 Å². The number of aryl methyl sites for hydroxylation is 1. The van der Waals surface area contributed by atoms with E-state index < -0.39 is 0 Å². The van der Waals surface area contributed by atoms with Crippen molar-refractivity contribution in [3.63, 3.8) is 0 Å². The van der Waals surface area contributed by atoms with E-state index in [4.69, 9.17) is 5.73 Å². The van der Waals surface area contributed by atoms with Crippen LogP contribution in [0.15, 0.2) is 18.2 Å². The van der Waals surface area contributed by atoms with E-state index in [1.54, 1.807) is 6.07 Å². The Morgan fingerprint density at radius 2 is 2.22 bits per heavy atom. The molecule has 1 aliphatic heterocycles. The number of anilines is 1. The summed E-state index contributed by atoms with van der Waals surface area (Å²) in [7, 11) is 0. The molecule has 0 bridgehead atoms. The molecule has 1 fully saturated rings. The number of primary amides is 1. The standard InChI is InChI=1S/C14H21N3O/c1-10-4-5-12(14(15)18)13(9-10)17-11-3-2-7-16-8-6-11/h4-5,9,11,16-17H,2-3,6-8H2,1H3,(H2,15,18). The number of amides is 1. The van der Waals surface area contributed by atoms with Crippen molar-refractivity contribution in [1.82, 2.24) is 5.32 Å².